The van der Waals surface area contributed by atoms with E-state index < -0.39 is 0 Å². The second-order valence-electron chi connectivity index (χ2n) is 11.7. The number of aromatic nitrogens is 1. The molecule has 8 aromatic carbocycles. The maximum atomic E-state index is 2.48. The van der Waals surface area contributed by atoms with Crippen LogP contribution in [0, 0.1) is 0 Å². The summed E-state index contributed by atoms with van der Waals surface area (Å²) < 4.78 is 2.43. The summed E-state index contributed by atoms with van der Waals surface area (Å²) in [4.78, 5) is 2.48. The maximum absolute atomic E-state index is 2.48. The van der Waals surface area contributed by atoms with Crippen molar-refractivity contribution in [1.82, 2.24) is 4.57 Å². The van der Waals surface area contributed by atoms with E-state index in [-0.39, 0.29) is 0 Å². The van der Waals surface area contributed by atoms with E-state index in [0.717, 1.165) is 17.1 Å². The monoisotopic (exact) mass is 586 g/mol. The molecule has 0 N–H and O–H groups in total. The largest absolute Gasteiger partial charge is 0.307 e. The summed E-state index contributed by atoms with van der Waals surface area (Å²) in [5.74, 6) is 0. The number of anilines is 3. The van der Waals surface area contributed by atoms with Gasteiger partial charge in [-0.05, 0) is 58.1 Å². The molecular formula is C44H30N2. The molecule has 1 heterocycles. The molecule has 0 aliphatic heterocycles. The highest BCUT2D eigenvalue weighted by Gasteiger charge is 2.26. The lowest BCUT2D eigenvalue weighted by Gasteiger charge is -2.32. The summed E-state index contributed by atoms with van der Waals surface area (Å²) in [7, 11) is 0. The number of benzene rings is 8. The van der Waals surface area contributed by atoms with Gasteiger partial charge in [0.25, 0.3) is 0 Å². The lowest BCUT2D eigenvalue weighted by atomic mass is 9.90. The van der Waals surface area contributed by atoms with Crippen LogP contribution in [0.5, 0.6) is 0 Å². The predicted molar refractivity (Wildman–Crippen MR) is 196 cm³/mol. The molecule has 1 aromatic heterocycles. The summed E-state index contributed by atoms with van der Waals surface area (Å²) in [6.45, 7) is 0. The average molecular weight is 587 g/mol. The smallest absolute Gasteiger partial charge is 0.0702 e. The number of hydrogen-bond acceptors (Lipinski definition) is 1. The SMILES string of the molecule is c1ccc(-c2c(N(c3ccccc3)c3ccccc3-n3c4ccccc4c4ccccc43)c3ccccc3c3ccccc23)cc1. The minimum atomic E-state index is 1.10. The van der Waals surface area contributed by atoms with Gasteiger partial charge < -0.3 is 9.47 Å². The molecule has 0 saturated carbocycles. The predicted octanol–water partition coefficient (Wildman–Crippen LogP) is 12.2. The number of rotatable bonds is 5. The van der Waals surface area contributed by atoms with Crippen molar-refractivity contribution in [1.29, 1.82) is 0 Å². The Kier molecular flexibility index (Phi) is 6.17. The van der Waals surface area contributed by atoms with Gasteiger partial charge in [0.05, 0.1) is 28.1 Å². The normalized spacial score (nSPS) is 11.5. The zero-order valence-corrected chi connectivity index (χ0v) is 25.2. The van der Waals surface area contributed by atoms with Crippen LogP contribution in [0.4, 0.5) is 17.1 Å². The van der Waals surface area contributed by atoms with E-state index in [2.05, 4.69) is 191 Å². The van der Waals surface area contributed by atoms with Gasteiger partial charge in [0.15, 0.2) is 0 Å². The van der Waals surface area contributed by atoms with E-state index in [1.54, 1.807) is 0 Å². The van der Waals surface area contributed by atoms with Gasteiger partial charge in [-0.15, -0.1) is 0 Å². The fourth-order valence-electron chi connectivity index (χ4n) is 7.24. The van der Waals surface area contributed by atoms with Gasteiger partial charge in [-0.3, -0.25) is 0 Å². The third-order valence-corrected chi connectivity index (χ3v) is 9.15. The third-order valence-electron chi connectivity index (χ3n) is 9.15. The molecule has 2 heteroatoms. The molecular weight excluding hydrogens is 556 g/mol. The van der Waals surface area contributed by atoms with E-state index in [1.165, 1.54) is 60.2 Å². The molecule has 216 valence electrons. The van der Waals surface area contributed by atoms with Crippen molar-refractivity contribution in [2.24, 2.45) is 0 Å². The molecule has 0 radical (unpaired) electrons. The molecule has 0 bridgehead atoms. The number of nitrogens with zero attached hydrogens (tertiary/aromatic N) is 2. The lowest BCUT2D eigenvalue weighted by molar-refractivity contribution is 1.15. The molecule has 0 atom stereocenters. The first-order valence-corrected chi connectivity index (χ1v) is 15.8. The van der Waals surface area contributed by atoms with Gasteiger partial charge in [-0.25, -0.2) is 0 Å². The van der Waals surface area contributed by atoms with Crippen LogP contribution in [0.3, 0.4) is 0 Å². The second-order valence-corrected chi connectivity index (χ2v) is 11.7. The van der Waals surface area contributed by atoms with Crippen LogP contribution in [0.25, 0.3) is 60.2 Å². The van der Waals surface area contributed by atoms with E-state index in [1.807, 2.05) is 0 Å². The molecule has 0 amide bonds. The van der Waals surface area contributed by atoms with E-state index in [4.69, 9.17) is 0 Å². The van der Waals surface area contributed by atoms with Crippen LogP contribution in [0.2, 0.25) is 0 Å². The summed E-state index contributed by atoms with van der Waals surface area (Å²) in [6, 6.07) is 65.7. The molecule has 0 fully saturated rings. The third kappa shape index (κ3) is 4.04. The Hall–Kier alpha value is -6.12. The molecule has 0 aliphatic rings. The van der Waals surface area contributed by atoms with Crippen molar-refractivity contribution in [3.05, 3.63) is 182 Å². The first kappa shape index (κ1) is 26.3. The fourth-order valence-corrected chi connectivity index (χ4v) is 7.24. The molecule has 46 heavy (non-hydrogen) atoms. The Labute approximate surface area is 268 Å². The van der Waals surface area contributed by atoms with Crippen molar-refractivity contribution in [3.8, 4) is 16.8 Å². The highest BCUT2D eigenvalue weighted by molar-refractivity contribution is 6.22. The standard InChI is InChI=1S/C44H30N2/c1-3-17-31(18-4-1)43-37-25-9-7-21-33(37)34-22-8-10-26-38(34)44(43)45(32-19-5-2-6-20-32)41-29-15-16-30-42(41)46-39-27-13-11-23-35(39)36-24-12-14-28-40(36)46/h1-30H. The Morgan fingerprint density at radius 1 is 0.348 bits per heavy atom. The van der Waals surface area contributed by atoms with E-state index in [0.29, 0.717) is 0 Å². The Bertz CT molecular complexity index is 2470. The number of fused-ring (bicyclic) bond motifs is 6. The van der Waals surface area contributed by atoms with Gasteiger partial charge in [0.1, 0.15) is 0 Å². The minimum Gasteiger partial charge on any atom is -0.307 e. The molecule has 9 rings (SSSR count). The minimum absolute atomic E-state index is 1.10. The molecule has 0 spiro atoms. The number of hydrogen-bond donors (Lipinski definition) is 0. The highest BCUT2D eigenvalue weighted by atomic mass is 15.2. The quantitative estimate of drug-likeness (QED) is 0.182. The Balaban J connectivity index is 1.46. The van der Waals surface area contributed by atoms with E-state index in [9.17, 15) is 0 Å². The molecule has 2 nitrogen and oxygen atoms in total. The fraction of sp³-hybridized carbons (Fsp3) is 0. The van der Waals surface area contributed by atoms with Crippen LogP contribution >= 0.6 is 0 Å². The van der Waals surface area contributed by atoms with Crippen molar-refractivity contribution in [3.63, 3.8) is 0 Å². The van der Waals surface area contributed by atoms with Crippen LogP contribution in [-0.4, -0.2) is 4.57 Å². The van der Waals surface area contributed by atoms with Gasteiger partial charge >= 0.3 is 0 Å². The van der Waals surface area contributed by atoms with Crippen molar-refractivity contribution in [2.75, 3.05) is 4.90 Å². The lowest BCUT2D eigenvalue weighted by Crippen LogP contribution is -2.15. The molecule has 0 saturated heterocycles. The van der Waals surface area contributed by atoms with Gasteiger partial charge in [0, 0.05) is 27.4 Å². The van der Waals surface area contributed by atoms with Crippen molar-refractivity contribution >= 4 is 60.4 Å². The van der Waals surface area contributed by atoms with Gasteiger partial charge in [-0.2, -0.15) is 0 Å². The van der Waals surface area contributed by atoms with Crippen LogP contribution < -0.4 is 4.90 Å². The Morgan fingerprint density at radius 3 is 1.46 bits per heavy atom. The molecule has 9 aromatic rings. The summed E-state index contributed by atoms with van der Waals surface area (Å²) in [5, 5.41) is 7.44. The maximum Gasteiger partial charge on any atom is 0.0702 e. The summed E-state index contributed by atoms with van der Waals surface area (Å²) in [6.07, 6.45) is 0. The topological polar surface area (TPSA) is 8.17 Å². The zero-order valence-electron chi connectivity index (χ0n) is 25.2. The zero-order chi connectivity index (χ0) is 30.5. The van der Waals surface area contributed by atoms with Gasteiger partial charge in [0.2, 0.25) is 0 Å². The highest BCUT2D eigenvalue weighted by Crippen LogP contribution is 2.50. The second kappa shape index (κ2) is 10.8. The summed E-state index contributed by atoms with van der Waals surface area (Å²) in [5.41, 5.74) is 9.29. The van der Waals surface area contributed by atoms with Crippen LogP contribution in [0.15, 0.2) is 182 Å². The van der Waals surface area contributed by atoms with Crippen molar-refractivity contribution < 1.29 is 0 Å². The number of para-hydroxylation sites is 5. The van der Waals surface area contributed by atoms with E-state index >= 15 is 0 Å². The Morgan fingerprint density at radius 2 is 0.804 bits per heavy atom. The van der Waals surface area contributed by atoms with Crippen LogP contribution in [-0.2, 0) is 0 Å². The van der Waals surface area contributed by atoms with Crippen LogP contribution in [0.1, 0.15) is 0 Å². The molecule has 0 unspecified atom stereocenters. The first-order valence-electron chi connectivity index (χ1n) is 15.8. The summed E-state index contributed by atoms with van der Waals surface area (Å²) >= 11 is 0. The average Bonchev–Trinajstić information content (AvgIpc) is 3.47. The van der Waals surface area contributed by atoms with Gasteiger partial charge in [-0.1, -0.05) is 146 Å². The first-order chi connectivity index (χ1) is 22.9. The molecule has 0 aliphatic carbocycles. The van der Waals surface area contributed by atoms with Crippen molar-refractivity contribution in [2.45, 2.75) is 0 Å².